The van der Waals surface area contributed by atoms with Crippen molar-refractivity contribution in [1.29, 1.82) is 0 Å². The molecule has 0 aromatic rings. The van der Waals surface area contributed by atoms with E-state index in [1.165, 1.54) is 6.08 Å². The molecule has 2 rings (SSSR count). The Bertz CT molecular complexity index is 1060. The van der Waals surface area contributed by atoms with Crippen LogP contribution in [0.5, 0.6) is 0 Å². The van der Waals surface area contributed by atoms with Crippen molar-refractivity contribution in [3.8, 4) is 0 Å². The molecular weight excluding hydrogens is 580 g/mol. The summed E-state index contributed by atoms with van der Waals surface area (Å²) in [4.78, 5) is 3.41. The largest absolute Gasteiger partial charge is 0.506 e. The Hall–Kier alpha value is -2.89. The summed E-state index contributed by atoms with van der Waals surface area (Å²) in [7, 11) is 0. The van der Waals surface area contributed by atoms with Gasteiger partial charge in [-0.1, -0.05) is 0 Å². The van der Waals surface area contributed by atoms with Gasteiger partial charge < -0.3 is 93.2 Å². The molecule has 0 spiro atoms. The lowest BCUT2D eigenvalue weighted by molar-refractivity contribution is -0.211. The number of aliphatic hydroxyl groups is 8. The van der Waals surface area contributed by atoms with Crippen LogP contribution in [0.3, 0.4) is 0 Å². The van der Waals surface area contributed by atoms with Crippen LogP contribution in [0.2, 0.25) is 0 Å². The topological polar surface area (TPSA) is 350 Å². The minimum atomic E-state index is -2.03. The van der Waals surface area contributed by atoms with E-state index in [1.54, 1.807) is 0 Å². The minimum Gasteiger partial charge on any atom is -0.506 e. The number of nitrogens with zero attached hydrogens (tertiary/aromatic N) is 1. The highest BCUT2D eigenvalue weighted by Gasteiger charge is 2.49. The van der Waals surface area contributed by atoms with Gasteiger partial charge in [0.2, 0.25) is 6.29 Å². The van der Waals surface area contributed by atoms with Crippen molar-refractivity contribution >= 4 is 6.72 Å². The molecule has 19 nitrogen and oxygen atoms in total. The van der Waals surface area contributed by atoms with Gasteiger partial charge in [0.1, 0.15) is 48.0 Å². The zero-order chi connectivity index (χ0) is 32.4. The molecule has 10 atom stereocenters. The van der Waals surface area contributed by atoms with Crippen LogP contribution in [0, 0.1) is 0 Å². The number of ether oxygens (including phenoxy) is 5. The lowest BCUT2D eigenvalue weighted by Gasteiger charge is -2.36. The summed E-state index contributed by atoms with van der Waals surface area (Å²) in [5.41, 5.74) is 28.0. The standard InChI is InChI=1S/C24H42N6O13/c1-30-4-9(5-31)17(34)15(28)22(38)40-14(11(27)2-10(26)6-32)8-39-24-20(37)21(13(7-33)42-24)43-23-16(29)19(36)18(35)12(3-25)41-23/h2,4,10,13-14,16,19-24,31-38H,1,3,5-8,25-29H2/b9-4-,11-2+,17-15-/t10-,13-,14+,16?,19?,20?,21?,22-,23?,24-/m1/s1. The van der Waals surface area contributed by atoms with E-state index in [4.69, 9.17) is 52.4 Å². The van der Waals surface area contributed by atoms with Gasteiger partial charge in [0, 0.05) is 23.5 Å². The molecule has 1 fully saturated rings. The van der Waals surface area contributed by atoms with Crippen LogP contribution in [-0.4, -0.2) is 142 Å². The predicted octanol–water partition coefficient (Wildman–Crippen LogP) is -5.59. The quantitative estimate of drug-likeness (QED) is 0.0330. The van der Waals surface area contributed by atoms with E-state index in [0.29, 0.717) is 0 Å². The maximum atomic E-state index is 10.9. The average molecular weight is 623 g/mol. The van der Waals surface area contributed by atoms with Crippen LogP contribution in [0.15, 0.2) is 51.5 Å². The van der Waals surface area contributed by atoms with Crippen LogP contribution in [0.4, 0.5) is 0 Å². The third kappa shape index (κ3) is 9.06. The van der Waals surface area contributed by atoms with E-state index in [0.717, 1.165) is 6.20 Å². The Morgan fingerprint density at radius 2 is 1.84 bits per heavy atom. The Labute approximate surface area is 246 Å². The number of nitrogens with two attached hydrogens (primary N) is 5. The van der Waals surface area contributed by atoms with Crippen molar-refractivity contribution in [3.63, 3.8) is 0 Å². The highest BCUT2D eigenvalue weighted by molar-refractivity contribution is 5.33. The van der Waals surface area contributed by atoms with Crippen LogP contribution in [0.1, 0.15) is 0 Å². The fourth-order valence-electron chi connectivity index (χ4n) is 3.98. The molecule has 19 heteroatoms. The zero-order valence-electron chi connectivity index (χ0n) is 23.1. The second kappa shape index (κ2) is 16.8. The summed E-state index contributed by atoms with van der Waals surface area (Å²) in [6, 6.07) is -2.25. The Kier molecular flexibility index (Phi) is 14.2. The van der Waals surface area contributed by atoms with Gasteiger partial charge in [0.15, 0.2) is 24.1 Å². The fourth-order valence-corrected chi connectivity index (χ4v) is 3.98. The van der Waals surface area contributed by atoms with Crippen molar-refractivity contribution in [3.05, 3.63) is 46.5 Å². The maximum Gasteiger partial charge on any atom is 0.218 e. The van der Waals surface area contributed by atoms with Crippen molar-refractivity contribution < 1.29 is 64.5 Å². The zero-order valence-corrected chi connectivity index (χ0v) is 23.1. The summed E-state index contributed by atoms with van der Waals surface area (Å²) in [5, 5.41) is 80.3. The lowest BCUT2D eigenvalue weighted by Crippen LogP contribution is -2.55. The van der Waals surface area contributed by atoms with Crippen molar-refractivity contribution in [2.75, 3.05) is 33.0 Å². The van der Waals surface area contributed by atoms with Crippen molar-refractivity contribution in [2.45, 2.75) is 61.5 Å². The van der Waals surface area contributed by atoms with E-state index < -0.39 is 105 Å². The Morgan fingerprint density at radius 3 is 2.40 bits per heavy atom. The molecule has 0 aromatic heterocycles. The predicted molar refractivity (Wildman–Crippen MR) is 147 cm³/mol. The highest BCUT2D eigenvalue weighted by atomic mass is 16.7. The Balaban J connectivity index is 2.22. The van der Waals surface area contributed by atoms with Crippen molar-refractivity contribution in [1.82, 2.24) is 0 Å². The van der Waals surface area contributed by atoms with Crippen LogP contribution >= 0.6 is 0 Å². The van der Waals surface area contributed by atoms with Gasteiger partial charge in [-0.15, -0.1) is 0 Å². The van der Waals surface area contributed by atoms with Gasteiger partial charge in [-0.05, 0) is 12.8 Å². The molecule has 2 aliphatic heterocycles. The average Bonchev–Trinajstić information content (AvgIpc) is 3.30. The molecule has 0 aromatic carbocycles. The van der Waals surface area contributed by atoms with Crippen LogP contribution in [-0.2, 0) is 23.7 Å². The van der Waals surface area contributed by atoms with Gasteiger partial charge in [-0.2, -0.15) is 0 Å². The molecule has 2 heterocycles. The second-order valence-corrected chi connectivity index (χ2v) is 9.46. The monoisotopic (exact) mass is 622 g/mol. The minimum absolute atomic E-state index is 0.158. The number of rotatable bonds is 16. The summed E-state index contributed by atoms with van der Waals surface area (Å²) in [6.07, 6.45) is -9.81. The smallest absolute Gasteiger partial charge is 0.218 e. The molecule has 1 saturated heterocycles. The van der Waals surface area contributed by atoms with Gasteiger partial charge in [0.25, 0.3) is 0 Å². The SMILES string of the molecule is C=N/C=C(CO)\C(O)=C(\N)[C@H](O)O[C@@H](CO[C@@H]1O[C@H](CO)C(OC2OC(CN)=C(O)C(O)C2N)C1O)/C(N)=C\[C@@H](N)CO. The summed E-state index contributed by atoms with van der Waals surface area (Å²) in [6.45, 7) is 0.484. The van der Waals surface area contributed by atoms with Crippen molar-refractivity contribution in [2.24, 2.45) is 33.7 Å². The molecule has 5 unspecified atom stereocenters. The van der Waals surface area contributed by atoms with Gasteiger partial charge >= 0.3 is 0 Å². The molecular formula is C24H42N6O13. The molecule has 246 valence electrons. The molecule has 0 aliphatic carbocycles. The summed E-state index contributed by atoms with van der Waals surface area (Å²) < 4.78 is 27.7. The Morgan fingerprint density at radius 1 is 1.16 bits per heavy atom. The number of hydrogen-bond donors (Lipinski definition) is 13. The van der Waals surface area contributed by atoms with Gasteiger partial charge in [0.05, 0.1) is 33.0 Å². The van der Waals surface area contributed by atoms with Crippen LogP contribution < -0.4 is 28.7 Å². The molecule has 0 saturated carbocycles. The summed E-state index contributed by atoms with van der Waals surface area (Å²) in [5.74, 6) is -1.50. The summed E-state index contributed by atoms with van der Waals surface area (Å²) >= 11 is 0. The molecule has 0 amide bonds. The van der Waals surface area contributed by atoms with E-state index in [-0.39, 0.29) is 23.6 Å². The van der Waals surface area contributed by atoms with Gasteiger partial charge in [-0.25, -0.2) is 0 Å². The maximum absolute atomic E-state index is 10.9. The van der Waals surface area contributed by atoms with E-state index in [2.05, 4.69) is 11.7 Å². The van der Waals surface area contributed by atoms with E-state index in [9.17, 15) is 40.9 Å². The van der Waals surface area contributed by atoms with E-state index >= 15 is 0 Å². The molecule has 18 N–H and O–H groups in total. The second-order valence-electron chi connectivity index (χ2n) is 9.46. The number of aliphatic hydroxyl groups excluding tert-OH is 8. The van der Waals surface area contributed by atoms with E-state index in [1.807, 2.05) is 0 Å². The molecule has 0 radical (unpaired) electrons. The molecule has 2 aliphatic rings. The first-order valence-electron chi connectivity index (χ1n) is 12.9. The first-order valence-corrected chi connectivity index (χ1v) is 12.9. The first-order chi connectivity index (χ1) is 20.3. The third-order valence-corrected chi connectivity index (χ3v) is 6.41. The fraction of sp³-hybridized carbons (Fsp3) is 0.625. The third-order valence-electron chi connectivity index (χ3n) is 6.41. The molecule has 43 heavy (non-hydrogen) atoms. The number of aliphatic imine (C=N–C) groups is 1. The first kappa shape index (κ1) is 36.3. The lowest BCUT2D eigenvalue weighted by atomic mass is 10.1. The molecule has 0 bridgehead atoms. The number of hydrogen-bond acceptors (Lipinski definition) is 19. The normalized spacial score (nSPS) is 31.3. The van der Waals surface area contributed by atoms with Crippen LogP contribution in [0.25, 0.3) is 0 Å². The highest BCUT2D eigenvalue weighted by Crippen LogP contribution is 2.30. The van der Waals surface area contributed by atoms with Gasteiger partial charge in [-0.3, -0.25) is 4.99 Å².